The SMILES string of the molecule is O=C1CC(=O)Nc2cc(C(=O)c3ccoc3Br)ccc2N1. The third-order valence-corrected chi connectivity index (χ3v) is 3.63. The molecule has 0 saturated carbocycles. The summed E-state index contributed by atoms with van der Waals surface area (Å²) >= 11 is 3.15. The lowest BCUT2D eigenvalue weighted by molar-refractivity contribution is -0.123. The Kier molecular flexibility index (Phi) is 3.34. The number of fused-ring (bicyclic) bond motifs is 1. The molecule has 2 aromatic rings. The Bertz CT molecular complexity index is 766. The average Bonchev–Trinajstić information content (AvgIpc) is 2.79. The number of rotatable bonds is 2. The van der Waals surface area contributed by atoms with Gasteiger partial charge in [-0.1, -0.05) is 0 Å². The second-order valence-electron chi connectivity index (χ2n) is 4.47. The Balaban J connectivity index is 2.00. The summed E-state index contributed by atoms with van der Waals surface area (Å²) in [5.41, 5.74) is 1.64. The molecular weight excluding hydrogens is 340 g/mol. The highest BCUT2D eigenvalue weighted by molar-refractivity contribution is 9.10. The van der Waals surface area contributed by atoms with Crippen molar-refractivity contribution in [3.05, 3.63) is 46.3 Å². The summed E-state index contributed by atoms with van der Waals surface area (Å²) in [5, 5.41) is 5.20. The number of benzene rings is 1. The molecule has 7 heteroatoms. The van der Waals surface area contributed by atoms with E-state index in [9.17, 15) is 14.4 Å². The second-order valence-corrected chi connectivity index (χ2v) is 5.19. The first-order valence-corrected chi connectivity index (χ1v) is 6.85. The number of hydrogen-bond acceptors (Lipinski definition) is 4. The van der Waals surface area contributed by atoms with Crippen LogP contribution in [0, 0.1) is 0 Å². The van der Waals surface area contributed by atoms with Crippen LogP contribution < -0.4 is 10.6 Å². The fourth-order valence-corrected chi connectivity index (χ4v) is 2.46. The number of anilines is 2. The Labute approximate surface area is 127 Å². The molecule has 21 heavy (non-hydrogen) atoms. The summed E-state index contributed by atoms with van der Waals surface area (Å²) in [4.78, 5) is 35.3. The number of ketones is 1. The maximum absolute atomic E-state index is 12.4. The molecule has 0 unspecified atom stereocenters. The van der Waals surface area contributed by atoms with Gasteiger partial charge >= 0.3 is 0 Å². The predicted molar refractivity (Wildman–Crippen MR) is 78.2 cm³/mol. The number of carbonyl (C=O) groups is 3. The molecular formula is C14H9BrN2O4. The van der Waals surface area contributed by atoms with Crippen molar-refractivity contribution in [3.63, 3.8) is 0 Å². The zero-order valence-corrected chi connectivity index (χ0v) is 12.2. The van der Waals surface area contributed by atoms with Crippen molar-refractivity contribution in [2.45, 2.75) is 6.42 Å². The van der Waals surface area contributed by atoms with Crippen LogP contribution in [0.3, 0.4) is 0 Å². The van der Waals surface area contributed by atoms with E-state index in [0.717, 1.165) is 0 Å². The van der Waals surface area contributed by atoms with E-state index in [1.807, 2.05) is 0 Å². The average molecular weight is 349 g/mol. The summed E-state index contributed by atoms with van der Waals surface area (Å²) in [6.45, 7) is 0. The van der Waals surface area contributed by atoms with Gasteiger partial charge in [0, 0.05) is 5.56 Å². The van der Waals surface area contributed by atoms with Crippen LogP contribution in [0.1, 0.15) is 22.3 Å². The highest BCUT2D eigenvalue weighted by Crippen LogP contribution is 2.28. The van der Waals surface area contributed by atoms with Crippen LogP contribution in [-0.2, 0) is 9.59 Å². The van der Waals surface area contributed by atoms with Crippen molar-refractivity contribution in [2.24, 2.45) is 0 Å². The minimum Gasteiger partial charge on any atom is -0.457 e. The molecule has 2 amide bonds. The van der Waals surface area contributed by atoms with Gasteiger partial charge in [-0.25, -0.2) is 0 Å². The highest BCUT2D eigenvalue weighted by Gasteiger charge is 2.21. The van der Waals surface area contributed by atoms with E-state index in [4.69, 9.17) is 4.42 Å². The van der Waals surface area contributed by atoms with Crippen LogP contribution in [0.5, 0.6) is 0 Å². The molecule has 2 N–H and O–H groups in total. The van der Waals surface area contributed by atoms with Crippen LogP contribution >= 0.6 is 15.9 Å². The van der Waals surface area contributed by atoms with E-state index in [-0.39, 0.29) is 18.1 Å². The fraction of sp³-hybridized carbons (Fsp3) is 0.0714. The van der Waals surface area contributed by atoms with Crippen molar-refractivity contribution in [1.29, 1.82) is 0 Å². The third-order valence-electron chi connectivity index (χ3n) is 3.01. The van der Waals surface area contributed by atoms with Crippen molar-refractivity contribution >= 4 is 44.9 Å². The number of halogens is 1. The van der Waals surface area contributed by atoms with Gasteiger partial charge in [0.15, 0.2) is 10.5 Å². The summed E-state index contributed by atoms with van der Waals surface area (Å²) in [7, 11) is 0. The summed E-state index contributed by atoms with van der Waals surface area (Å²) < 4.78 is 5.39. The van der Waals surface area contributed by atoms with Crippen LogP contribution in [0.25, 0.3) is 0 Å². The summed E-state index contributed by atoms with van der Waals surface area (Å²) in [5.74, 6) is -1.05. The zero-order valence-electron chi connectivity index (χ0n) is 10.6. The molecule has 3 rings (SSSR count). The van der Waals surface area contributed by atoms with E-state index >= 15 is 0 Å². The predicted octanol–water partition coefficient (Wildman–Crippen LogP) is 2.55. The smallest absolute Gasteiger partial charge is 0.233 e. The van der Waals surface area contributed by atoms with E-state index in [0.29, 0.717) is 27.2 Å². The minimum atomic E-state index is -0.416. The topological polar surface area (TPSA) is 88.4 Å². The molecule has 0 bridgehead atoms. The van der Waals surface area contributed by atoms with Gasteiger partial charge in [-0.05, 0) is 40.2 Å². The first-order chi connectivity index (χ1) is 10.0. The Morgan fingerprint density at radius 3 is 2.48 bits per heavy atom. The molecule has 6 nitrogen and oxygen atoms in total. The molecule has 0 radical (unpaired) electrons. The highest BCUT2D eigenvalue weighted by atomic mass is 79.9. The molecule has 0 atom stereocenters. The maximum atomic E-state index is 12.4. The van der Waals surface area contributed by atoms with E-state index in [2.05, 4.69) is 26.6 Å². The van der Waals surface area contributed by atoms with E-state index < -0.39 is 5.91 Å². The molecule has 2 heterocycles. The normalized spacial score (nSPS) is 14.0. The van der Waals surface area contributed by atoms with Crippen molar-refractivity contribution in [3.8, 4) is 0 Å². The van der Waals surface area contributed by atoms with Crippen molar-refractivity contribution in [2.75, 3.05) is 10.6 Å². The van der Waals surface area contributed by atoms with Crippen molar-refractivity contribution < 1.29 is 18.8 Å². The van der Waals surface area contributed by atoms with Gasteiger partial charge in [0.1, 0.15) is 6.42 Å². The molecule has 0 aliphatic carbocycles. The maximum Gasteiger partial charge on any atom is 0.233 e. The largest absolute Gasteiger partial charge is 0.457 e. The monoisotopic (exact) mass is 348 g/mol. The first kappa shape index (κ1) is 13.6. The minimum absolute atomic E-state index is 0.245. The lowest BCUT2D eigenvalue weighted by atomic mass is 10.0. The lowest BCUT2D eigenvalue weighted by Crippen LogP contribution is -2.16. The molecule has 0 saturated heterocycles. The molecule has 1 aromatic carbocycles. The van der Waals surface area contributed by atoms with Gasteiger partial charge in [-0.3, -0.25) is 14.4 Å². The van der Waals surface area contributed by atoms with Gasteiger partial charge in [0.2, 0.25) is 11.8 Å². The Morgan fingerprint density at radius 1 is 1.10 bits per heavy atom. The Hall–Kier alpha value is -2.41. The van der Waals surface area contributed by atoms with Crippen molar-refractivity contribution in [1.82, 2.24) is 0 Å². The molecule has 106 valence electrons. The fourth-order valence-electron chi connectivity index (χ4n) is 2.04. The van der Waals surface area contributed by atoms with Gasteiger partial charge in [-0.15, -0.1) is 0 Å². The van der Waals surface area contributed by atoms with Gasteiger partial charge in [0.05, 0.1) is 23.2 Å². The second kappa shape index (κ2) is 5.17. The van der Waals surface area contributed by atoms with Gasteiger partial charge in [-0.2, -0.15) is 0 Å². The van der Waals surface area contributed by atoms with Gasteiger partial charge in [0.25, 0.3) is 0 Å². The van der Waals surface area contributed by atoms with Crippen LogP contribution in [0.15, 0.2) is 39.6 Å². The number of nitrogens with one attached hydrogen (secondary N) is 2. The number of furan rings is 1. The molecule has 1 aliphatic heterocycles. The molecule has 1 aliphatic rings. The standard InChI is InChI=1S/C14H9BrN2O4/c15-14-8(3-4-21-14)13(20)7-1-2-9-10(5-7)17-12(19)6-11(18)16-9/h1-5H,6H2,(H,16,18)(H,17,19). The first-order valence-electron chi connectivity index (χ1n) is 6.06. The quantitative estimate of drug-likeness (QED) is 0.644. The van der Waals surface area contributed by atoms with Gasteiger partial charge < -0.3 is 15.1 Å². The lowest BCUT2D eigenvalue weighted by Gasteiger charge is -2.08. The molecule has 0 fully saturated rings. The third kappa shape index (κ3) is 2.59. The number of hydrogen-bond donors (Lipinski definition) is 2. The molecule has 1 aromatic heterocycles. The van der Waals surface area contributed by atoms with Crippen LogP contribution in [-0.4, -0.2) is 17.6 Å². The van der Waals surface area contributed by atoms with E-state index in [1.165, 1.54) is 12.3 Å². The zero-order chi connectivity index (χ0) is 15.0. The Morgan fingerprint density at radius 2 is 1.81 bits per heavy atom. The molecule has 0 spiro atoms. The van der Waals surface area contributed by atoms with Crippen LogP contribution in [0.2, 0.25) is 0 Å². The van der Waals surface area contributed by atoms with Crippen LogP contribution in [0.4, 0.5) is 11.4 Å². The van der Waals surface area contributed by atoms with E-state index in [1.54, 1.807) is 18.2 Å². The summed E-state index contributed by atoms with van der Waals surface area (Å²) in [6.07, 6.45) is 1.16. The number of carbonyl (C=O) groups excluding carboxylic acids is 3. The summed E-state index contributed by atoms with van der Waals surface area (Å²) in [6, 6.07) is 6.25. The number of amides is 2.